The summed E-state index contributed by atoms with van der Waals surface area (Å²) < 4.78 is 1.81. The van der Waals surface area contributed by atoms with Gasteiger partial charge in [-0.25, -0.2) is 4.98 Å². The Morgan fingerprint density at radius 1 is 1.73 bits per heavy atom. The number of likely N-dealkylation sites (N-methyl/N-ethyl adjacent to an activating group) is 1. The second-order valence-corrected chi connectivity index (χ2v) is 3.91. The van der Waals surface area contributed by atoms with Gasteiger partial charge in [-0.15, -0.1) is 0 Å². The summed E-state index contributed by atoms with van der Waals surface area (Å²) >= 11 is 0. The van der Waals surface area contributed by atoms with Gasteiger partial charge in [-0.05, 0) is 12.8 Å². The molecule has 15 heavy (non-hydrogen) atoms. The number of nitrogens with two attached hydrogens (primary N) is 1. The van der Waals surface area contributed by atoms with E-state index in [0.29, 0.717) is 19.1 Å². The Balaban J connectivity index is 1.98. The van der Waals surface area contributed by atoms with Gasteiger partial charge in [0.15, 0.2) is 0 Å². The maximum Gasteiger partial charge on any atom is 0.242 e. The number of rotatable bonds is 4. The van der Waals surface area contributed by atoms with Gasteiger partial charge in [0.1, 0.15) is 12.4 Å². The van der Waals surface area contributed by atoms with Gasteiger partial charge >= 0.3 is 0 Å². The molecule has 1 aliphatic rings. The van der Waals surface area contributed by atoms with Crippen molar-refractivity contribution >= 4 is 5.91 Å². The molecule has 1 heterocycles. The Labute approximate surface area is 88.9 Å². The Hall–Kier alpha value is -1.36. The van der Waals surface area contributed by atoms with Gasteiger partial charge in [0, 0.05) is 25.5 Å². The molecule has 1 aliphatic carbocycles. The Kier molecular flexibility index (Phi) is 2.73. The lowest BCUT2D eigenvalue weighted by Crippen LogP contribution is -2.32. The predicted molar refractivity (Wildman–Crippen MR) is 55.9 cm³/mol. The lowest BCUT2D eigenvalue weighted by atomic mass is 10.4. The van der Waals surface area contributed by atoms with E-state index < -0.39 is 0 Å². The number of nitrogens with zero attached hydrogens (tertiary/aromatic N) is 3. The molecule has 0 bridgehead atoms. The average Bonchev–Trinajstić information content (AvgIpc) is 2.99. The highest BCUT2D eigenvalue weighted by Crippen LogP contribution is 2.25. The second-order valence-electron chi connectivity index (χ2n) is 3.91. The zero-order valence-corrected chi connectivity index (χ0v) is 8.89. The minimum atomic E-state index is 0.130. The Morgan fingerprint density at radius 3 is 3.07 bits per heavy atom. The SMILES string of the molecule is CN(C(=O)Cn1ccnc1CN)C1CC1. The number of carbonyl (C=O) groups excluding carboxylic acids is 1. The monoisotopic (exact) mass is 208 g/mol. The van der Waals surface area contributed by atoms with E-state index in [9.17, 15) is 4.79 Å². The first-order valence-corrected chi connectivity index (χ1v) is 5.18. The van der Waals surface area contributed by atoms with E-state index in [-0.39, 0.29) is 5.91 Å². The highest BCUT2D eigenvalue weighted by molar-refractivity contribution is 5.76. The number of amides is 1. The van der Waals surface area contributed by atoms with E-state index in [2.05, 4.69) is 4.98 Å². The molecule has 0 unspecified atom stereocenters. The quantitative estimate of drug-likeness (QED) is 0.755. The van der Waals surface area contributed by atoms with Crippen molar-refractivity contribution in [3.8, 4) is 0 Å². The zero-order valence-electron chi connectivity index (χ0n) is 8.89. The summed E-state index contributed by atoms with van der Waals surface area (Å²) in [4.78, 5) is 17.7. The van der Waals surface area contributed by atoms with Gasteiger partial charge in [0.05, 0.1) is 6.54 Å². The fourth-order valence-corrected chi connectivity index (χ4v) is 1.60. The molecule has 5 nitrogen and oxygen atoms in total. The Morgan fingerprint density at radius 2 is 2.47 bits per heavy atom. The van der Waals surface area contributed by atoms with Crippen molar-refractivity contribution in [2.75, 3.05) is 7.05 Å². The van der Waals surface area contributed by atoms with Crippen LogP contribution in [0.25, 0.3) is 0 Å². The second kappa shape index (κ2) is 4.02. The molecular weight excluding hydrogens is 192 g/mol. The van der Waals surface area contributed by atoms with Gasteiger partial charge in [-0.1, -0.05) is 0 Å². The van der Waals surface area contributed by atoms with E-state index in [4.69, 9.17) is 5.73 Å². The van der Waals surface area contributed by atoms with E-state index in [1.807, 2.05) is 11.9 Å². The smallest absolute Gasteiger partial charge is 0.242 e. The standard InChI is InChI=1S/C10H16N4O/c1-13(8-2-3-8)10(15)7-14-5-4-12-9(14)6-11/h4-5,8H,2-3,6-7,11H2,1H3. The fourth-order valence-electron chi connectivity index (χ4n) is 1.60. The number of imidazole rings is 1. The van der Waals surface area contributed by atoms with Crippen LogP contribution in [0.1, 0.15) is 18.7 Å². The summed E-state index contributed by atoms with van der Waals surface area (Å²) in [6.45, 7) is 0.715. The molecule has 1 saturated carbocycles. The molecule has 0 aromatic carbocycles. The number of hydrogen-bond acceptors (Lipinski definition) is 3. The summed E-state index contributed by atoms with van der Waals surface area (Å²) in [6, 6.07) is 0.461. The van der Waals surface area contributed by atoms with Crippen LogP contribution in [0.3, 0.4) is 0 Å². The van der Waals surface area contributed by atoms with Crippen LogP contribution in [-0.4, -0.2) is 33.4 Å². The third kappa shape index (κ3) is 2.18. The first kappa shape index (κ1) is 10.2. The molecule has 5 heteroatoms. The van der Waals surface area contributed by atoms with Gasteiger partial charge in [-0.3, -0.25) is 4.79 Å². The average molecular weight is 208 g/mol. The van der Waals surface area contributed by atoms with Crippen molar-refractivity contribution < 1.29 is 4.79 Å². The van der Waals surface area contributed by atoms with Crippen LogP contribution in [0.2, 0.25) is 0 Å². The van der Waals surface area contributed by atoms with Crippen molar-refractivity contribution in [1.29, 1.82) is 0 Å². The molecule has 1 amide bonds. The van der Waals surface area contributed by atoms with Crippen molar-refractivity contribution in [3.63, 3.8) is 0 Å². The van der Waals surface area contributed by atoms with E-state index in [0.717, 1.165) is 18.7 Å². The molecule has 0 atom stereocenters. The minimum Gasteiger partial charge on any atom is -0.341 e. The van der Waals surface area contributed by atoms with Crippen LogP contribution in [0.4, 0.5) is 0 Å². The molecule has 0 aliphatic heterocycles. The number of aromatic nitrogens is 2. The summed E-state index contributed by atoms with van der Waals surface area (Å²) in [5.74, 6) is 0.887. The molecule has 0 radical (unpaired) electrons. The van der Waals surface area contributed by atoms with Crippen molar-refractivity contribution in [1.82, 2.24) is 14.5 Å². The summed E-state index contributed by atoms with van der Waals surface area (Å²) in [6.07, 6.45) is 5.74. The number of carbonyl (C=O) groups is 1. The van der Waals surface area contributed by atoms with Crippen LogP contribution in [0.5, 0.6) is 0 Å². The molecule has 1 fully saturated rings. The first-order valence-electron chi connectivity index (χ1n) is 5.18. The summed E-state index contributed by atoms with van der Waals surface area (Å²) in [5, 5.41) is 0. The molecule has 82 valence electrons. The third-order valence-corrected chi connectivity index (χ3v) is 2.78. The number of hydrogen-bond donors (Lipinski definition) is 1. The maximum absolute atomic E-state index is 11.8. The van der Waals surface area contributed by atoms with E-state index >= 15 is 0 Å². The van der Waals surface area contributed by atoms with E-state index in [1.54, 1.807) is 17.0 Å². The van der Waals surface area contributed by atoms with Crippen LogP contribution in [-0.2, 0) is 17.9 Å². The highest BCUT2D eigenvalue weighted by Gasteiger charge is 2.29. The molecule has 0 spiro atoms. The van der Waals surface area contributed by atoms with E-state index in [1.165, 1.54) is 0 Å². The molecule has 1 aromatic heterocycles. The van der Waals surface area contributed by atoms with Gasteiger partial charge < -0.3 is 15.2 Å². The molecule has 2 N–H and O–H groups in total. The topological polar surface area (TPSA) is 64.2 Å². The lowest BCUT2D eigenvalue weighted by molar-refractivity contribution is -0.131. The zero-order chi connectivity index (χ0) is 10.8. The molecule has 1 aromatic rings. The predicted octanol–water partition coefficient (Wildman–Crippen LogP) is -0.0374. The lowest BCUT2D eigenvalue weighted by Gasteiger charge is -2.17. The van der Waals surface area contributed by atoms with Crippen molar-refractivity contribution in [2.45, 2.75) is 32.0 Å². The maximum atomic E-state index is 11.8. The highest BCUT2D eigenvalue weighted by atomic mass is 16.2. The van der Waals surface area contributed by atoms with Gasteiger partial charge in [0.25, 0.3) is 0 Å². The molecule has 0 saturated heterocycles. The summed E-state index contributed by atoms with van der Waals surface area (Å²) in [7, 11) is 1.86. The van der Waals surface area contributed by atoms with Crippen LogP contribution < -0.4 is 5.73 Å². The van der Waals surface area contributed by atoms with Crippen molar-refractivity contribution in [3.05, 3.63) is 18.2 Å². The van der Waals surface area contributed by atoms with Crippen LogP contribution in [0, 0.1) is 0 Å². The third-order valence-electron chi connectivity index (χ3n) is 2.78. The van der Waals surface area contributed by atoms with Gasteiger partial charge in [0.2, 0.25) is 5.91 Å². The Bertz CT molecular complexity index is 356. The van der Waals surface area contributed by atoms with Crippen LogP contribution in [0.15, 0.2) is 12.4 Å². The van der Waals surface area contributed by atoms with Crippen LogP contribution >= 0.6 is 0 Å². The first-order chi connectivity index (χ1) is 7.22. The summed E-state index contributed by atoms with van der Waals surface area (Å²) in [5.41, 5.74) is 5.51. The minimum absolute atomic E-state index is 0.130. The largest absolute Gasteiger partial charge is 0.341 e. The molecular formula is C10H16N4O. The fraction of sp³-hybridized carbons (Fsp3) is 0.600. The van der Waals surface area contributed by atoms with Crippen molar-refractivity contribution in [2.24, 2.45) is 5.73 Å². The molecule has 2 rings (SSSR count). The normalized spacial score (nSPS) is 15.3. The van der Waals surface area contributed by atoms with Gasteiger partial charge in [-0.2, -0.15) is 0 Å².